The Hall–Kier alpha value is -1.00. The first-order valence-electron chi connectivity index (χ1n) is 5.55. The molecule has 0 spiro atoms. The van der Waals surface area contributed by atoms with Gasteiger partial charge in [-0.2, -0.15) is 13.2 Å². The fraction of sp³-hybridized carbons (Fsp3) is 0.385. The molecule has 1 aromatic carbocycles. The van der Waals surface area contributed by atoms with Crippen LogP contribution in [0, 0.1) is 0 Å². The number of benzene rings is 1. The van der Waals surface area contributed by atoms with Gasteiger partial charge in [-0.1, -0.05) is 43.2 Å². The quantitative estimate of drug-likeness (QED) is 0.863. The first-order valence-corrected chi connectivity index (χ1v) is 5.93. The van der Waals surface area contributed by atoms with Crippen LogP contribution in [0.1, 0.15) is 25.3 Å². The van der Waals surface area contributed by atoms with Crippen LogP contribution in [0.3, 0.4) is 0 Å². The molecule has 0 amide bonds. The topological polar surface area (TPSA) is 20.2 Å². The molecule has 0 radical (unpaired) electrons. The summed E-state index contributed by atoms with van der Waals surface area (Å²) in [5.74, 6) is 0. The second kappa shape index (κ2) is 6.25. The Morgan fingerprint density at radius 2 is 2.11 bits per heavy atom. The Kier molecular flexibility index (Phi) is 5.23. The SMILES string of the molecule is CCC/C(=C\c1cccc(Cl)c1)C(O)C(F)(F)F. The molecule has 0 fully saturated rings. The fourth-order valence-electron chi connectivity index (χ4n) is 1.60. The molecule has 0 saturated heterocycles. The van der Waals surface area contributed by atoms with Crippen molar-refractivity contribution in [3.05, 3.63) is 40.4 Å². The van der Waals surface area contributed by atoms with Crippen molar-refractivity contribution in [1.82, 2.24) is 0 Å². The van der Waals surface area contributed by atoms with Crippen molar-refractivity contribution in [3.63, 3.8) is 0 Å². The Bertz CT molecular complexity index is 426. The molecule has 0 aliphatic heterocycles. The van der Waals surface area contributed by atoms with Crippen molar-refractivity contribution in [1.29, 1.82) is 0 Å². The van der Waals surface area contributed by atoms with Crippen LogP contribution in [0.15, 0.2) is 29.8 Å². The molecule has 1 nitrogen and oxygen atoms in total. The molecule has 0 bridgehead atoms. The molecule has 18 heavy (non-hydrogen) atoms. The highest BCUT2D eigenvalue weighted by Gasteiger charge is 2.40. The van der Waals surface area contributed by atoms with Crippen LogP contribution in [0.25, 0.3) is 6.08 Å². The van der Waals surface area contributed by atoms with Crippen LogP contribution in [0.2, 0.25) is 5.02 Å². The zero-order valence-corrected chi connectivity index (χ0v) is 10.6. The molecule has 1 aromatic rings. The lowest BCUT2D eigenvalue weighted by molar-refractivity contribution is -0.191. The number of aliphatic hydroxyl groups excluding tert-OH is 1. The van der Waals surface area contributed by atoms with E-state index >= 15 is 0 Å². The number of aliphatic hydroxyl groups is 1. The molecule has 1 atom stereocenters. The van der Waals surface area contributed by atoms with Gasteiger partial charge in [0.1, 0.15) is 0 Å². The maximum atomic E-state index is 12.5. The molecule has 0 heterocycles. The highest BCUT2D eigenvalue weighted by atomic mass is 35.5. The Morgan fingerprint density at radius 1 is 1.44 bits per heavy atom. The molecule has 0 aliphatic carbocycles. The summed E-state index contributed by atoms with van der Waals surface area (Å²) in [7, 11) is 0. The van der Waals surface area contributed by atoms with E-state index in [1.165, 1.54) is 6.08 Å². The summed E-state index contributed by atoms with van der Waals surface area (Å²) in [5, 5.41) is 9.73. The van der Waals surface area contributed by atoms with E-state index in [0.717, 1.165) is 0 Å². The van der Waals surface area contributed by atoms with E-state index in [1.807, 2.05) is 0 Å². The van der Waals surface area contributed by atoms with Crippen molar-refractivity contribution >= 4 is 17.7 Å². The highest BCUT2D eigenvalue weighted by molar-refractivity contribution is 6.30. The lowest BCUT2D eigenvalue weighted by atomic mass is 10.0. The first kappa shape index (κ1) is 15.1. The Labute approximate surface area is 109 Å². The number of hydrogen-bond donors (Lipinski definition) is 1. The average molecular weight is 279 g/mol. The van der Waals surface area contributed by atoms with E-state index in [0.29, 0.717) is 17.0 Å². The summed E-state index contributed by atoms with van der Waals surface area (Å²) >= 11 is 5.76. The minimum Gasteiger partial charge on any atom is -0.379 e. The molecule has 0 aromatic heterocycles. The number of halogens is 4. The monoisotopic (exact) mass is 278 g/mol. The van der Waals surface area contributed by atoms with Crippen LogP contribution < -0.4 is 0 Å². The molecule has 1 rings (SSSR count). The molecule has 0 aliphatic rings. The van der Waals surface area contributed by atoms with Gasteiger partial charge in [0.05, 0.1) is 0 Å². The van der Waals surface area contributed by atoms with E-state index in [9.17, 15) is 18.3 Å². The van der Waals surface area contributed by atoms with Crippen LogP contribution >= 0.6 is 11.6 Å². The zero-order valence-electron chi connectivity index (χ0n) is 9.84. The van der Waals surface area contributed by atoms with E-state index in [2.05, 4.69) is 0 Å². The number of alkyl halides is 3. The molecular weight excluding hydrogens is 265 g/mol. The molecule has 1 unspecified atom stereocenters. The summed E-state index contributed by atoms with van der Waals surface area (Å²) in [6.07, 6.45) is -5.00. The Balaban J connectivity index is 3.04. The third-order valence-corrected chi connectivity index (χ3v) is 2.64. The summed E-state index contributed by atoms with van der Waals surface area (Å²) in [6.45, 7) is 1.76. The van der Waals surface area contributed by atoms with Crippen molar-refractivity contribution < 1.29 is 18.3 Å². The molecule has 1 N–H and O–H groups in total. The normalized spacial score (nSPS) is 14.7. The molecule has 100 valence electrons. The lowest BCUT2D eigenvalue weighted by Crippen LogP contribution is -2.30. The van der Waals surface area contributed by atoms with Gasteiger partial charge in [-0.25, -0.2) is 0 Å². The maximum Gasteiger partial charge on any atom is 0.418 e. The second-order valence-electron chi connectivity index (χ2n) is 3.97. The smallest absolute Gasteiger partial charge is 0.379 e. The standard InChI is InChI=1S/C13H14ClF3O/c1-2-4-10(12(18)13(15,16)17)7-9-5-3-6-11(14)8-9/h3,5-8,12,18H,2,4H2,1H3/b10-7+. The minimum atomic E-state index is -4.64. The van der Waals surface area contributed by atoms with Crippen LogP contribution in [0.5, 0.6) is 0 Å². The molecule has 0 saturated carbocycles. The summed E-state index contributed by atoms with van der Waals surface area (Å²) in [6, 6.07) is 6.49. The van der Waals surface area contributed by atoms with Gasteiger partial charge in [0.15, 0.2) is 6.10 Å². The molecule has 5 heteroatoms. The van der Waals surface area contributed by atoms with Crippen molar-refractivity contribution in [2.75, 3.05) is 0 Å². The minimum absolute atomic E-state index is 0.0488. The van der Waals surface area contributed by atoms with Gasteiger partial charge in [0.2, 0.25) is 0 Å². The predicted molar refractivity (Wildman–Crippen MR) is 66.4 cm³/mol. The zero-order chi connectivity index (χ0) is 13.8. The van der Waals surface area contributed by atoms with Crippen LogP contribution in [0.4, 0.5) is 13.2 Å². The predicted octanol–water partition coefficient (Wildman–Crippen LogP) is 4.45. The third-order valence-electron chi connectivity index (χ3n) is 2.40. The van der Waals surface area contributed by atoms with Crippen molar-refractivity contribution in [2.24, 2.45) is 0 Å². The van der Waals surface area contributed by atoms with Gasteiger partial charge in [-0.15, -0.1) is 0 Å². The number of rotatable bonds is 4. The van der Waals surface area contributed by atoms with E-state index in [4.69, 9.17) is 11.6 Å². The number of hydrogen-bond acceptors (Lipinski definition) is 1. The summed E-state index contributed by atoms with van der Waals surface area (Å²) < 4.78 is 37.5. The highest BCUT2D eigenvalue weighted by Crippen LogP contribution is 2.29. The van der Waals surface area contributed by atoms with Crippen LogP contribution in [-0.4, -0.2) is 17.4 Å². The van der Waals surface area contributed by atoms with Gasteiger partial charge < -0.3 is 5.11 Å². The van der Waals surface area contributed by atoms with E-state index in [-0.39, 0.29) is 12.0 Å². The van der Waals surface area contributed by atoms with Gasteiger partial charge in [-0.05, 0) is 29.7 Å². The molecular formula is C13H14ClF3O. The van der Waals surface area contributed by atoms with Crippen molar-refractivity contribution in [3.8, 4) is 0 Å². The largest absolute Gasteiger partial charge is 0.418 e. The van der Waals surface area contributed by atoms with Crippen LogP contribution in [-0.2, 0) is 0 Å². The fourth-order valence-corrected chi connectivity index (χ4v) is 1.80. The van der Waals surface area contributed by atoms with Gasteiger partial charge >= 0.3 is 6.18 Å². The van der Waals surface area contributed by atoms with E-state index < -0.39 is 12.3 Å². The van der Waals surface area contributed by atoms with Crippen molar-refractivity contribution in [2.45, 2.75) is 32.0 Å². The van der Waals surface area contributed by atoms with Gasteiger partial charge in [-0.3, -0.25) is 0 Å². The average Bonchev–Trinajstić information content (AvgIpc) is 2.26. The Morgan fingerprint density at radius 3 is 2.61 bits per heavy atom. The maximum absolute atomic E-state index is 12.5. The second-order valence-corrected chi connectivity index (χ2v) is 4.40. The van der Waals surface area contributed by atoms with Gasteiger partial charge in [0, 0.05) is 5.02 Å². The first-order chi connectivity index (χ1) is 8.34. The summed E-state index contributed by atoms with van der Waals surface area (Å²) in [4.78, 5) is 0. The third kappa shape index (κ3) is 4.35. The van der Waals surface area contributed by atoms with Gasteiger partial charge in [0.25, 0.3) is 0 Å². The van der Waals surface area contributed by atoms with E-state index in [1.54, 1.807) is 31.2 Å². The lowest BCUT2D eigenvalue weighted by Gasteiger charge is -2.18. The summed E-state index contributed by atoms with van der Waals surface area (Å²) in [5.41, 5.74) is 0.501.